The maximum Gasteiger partial charge on any atom is 0.446 e. The van der Waals surface area contributed by atoms with Gasteiger partial charge in [0, 0.05) is 68.7 Å². The average Bonchev–Trinajstić information content (AvgIpc) is 1.69. The molecule has 3 aromatic rings. The number of hydrogen-bond donors (Lipinski definition) is 16. The number of fused-ring (bicyclic) bond motifs is 2. The highest BCUT2D eigenvalue weighted by Crippen LogP contribution is 2.39. The summed E-state index contributed by atoms with van der Waals surface area (Å²) in [5.74, 6) is -9.02. The van der Waals surface area contributed by atoms with Crippen LogP contribution in [0.1, 0.15) is 120 Å². The quantitative estimate of drug-likeness (QED) is 0.0505. The molecule has 6 aliphatic rings. The molecule has 4 aliphatic heterocycles. The molecule has 6 fully saturated rings. The number of nitrogens with zero attached hydrogens (tertiary/aromatic N) is 5. The predicted molar refractivity (Wildman–Crippen MR) is 350 cm³/mol. The summed E-state index contributed by atoms with van der Waals surface area (Å²) < 4.78 is 43.6. The van der Waals surface area contributed by atoms with Crippen LogP contribution in [-0.2, 0) is 50.3 Å². The van der Waals surface area contributed by atoms with E-state index < -0.39 is 194 Å². The molecule has 16 N–H and O–H groups in total. The van der Waals surface area contributed by atoms with Crippen molar-refractivity contribution in [1.82, 2.24) is 51.9 Å². The minimum absolute atomic E-state index is 0.00163. The Morgan fingerprint density at radius 3 is 2.06 bits per heavy atom. The Morgan fingerprint density at radius 1 is 0.732 bits per heavy atom. The highest BCUT2D eigenvalue weighted by Gasteiger charge is 2.50. The molecular weight excluding hydrogens is 1310 g/mol. The lowest BCUT2D eigenvalue weighted by Crippen LogP contribution is -2.64. The molecule has 0 radical (unpaired) electrons. The van der Waals surface area contributed by atoms with E-state index in [9.17, 15) is 87.7 Å². The lowest BCUT2D eigenvalue weighted by Gasteiger charge is -2.36. The number of aliphatic hydroxyl groups is 8. The fraction of sp³-hybridized carbons (Fsp3) is 0.688. The van der Waals surface area contributed by atoms with Crippen molar-refractivity contribution in [3.63, 3.8) is 0 Å². The van der Waals surface area contributed by atoms with Crippen LogP contribution in [0, 0.1) is 11.8 Å². The summed E-state index contributed by atoms with van der Waals surface area (Å²) >= 11 is 1.55. The Morgan fingerprint density at radius 2 is 1.39 bits per heavy atom. The standard InChI is InChI=1S/C64H95N11O20S2/c1-34-30-75-55(56(34)84)60(88)67-29-42(79)26-46(66-28-36-8-11-38(12-9-36)61-71-72-62(96-61)39-13-15-41(16-14-39)73-22-19-45(20-23-73)94-44-6-4-3-5-7-44)57(85)68-52(35(2)78)63(89)74-31-43(80)27-47(74)58(86)69-53(50(83)24-37-10-17-48(81)51(25-37)95-97(91,92)93)59(87)70-54(64(75)90)49(82)18-21-65-40(32-76)33-77/h10,13-17,25,34-36,38,40,42-47,49-50,52-56,65-66,76-84H,3-9,11-12,18-24,26-33H2,1-2H3,(H,67,88)(H,68,85)(H,69,86)(H,70,87)(H,91,92,93)/t34-,35+,36?,38?,42+,43+,46?,47-,49+,50+,52-,53-,54-,55-,56-/m0/s1. The first-order valence-electron chi connectivity index (χ1n) is 33.7. The zero-order valence-electron chi connectivity index (χ0n) is 54.5. The minimum Gasteiger partial charge on any atom is -0.504 e. The van der Waals surface area contributed by atoms with Crippen molar-refractivity contribution in [2.45, 2.75) is 207 Å². The number of ether oxygens (including phenoxy) is 1. The van der Waals surface area contributed by atoms with Crippen molar-refractivity contribution in [3.05, 3.63) is 53.0 Å². The monoisotopic (exact) mass is 1400 g/mol. The smallest absolute Gasteiger partial charge is 0.446 e. The summed E-state index contributed by atoms with van der Waals surface area (Å²) in [6.07, 6.45) is -0.492. The number of nitrogens with one attached hydrogen (secondary N) is 6. The third-order valence-corrected chi connectivity index (χ3v) is 21.1. The number of aromatic hydroxyl groups is 1. The fourth-order valence-electron chi connectivity index (χ4n) is 14.0. The molecule has 0 bridgehead atoms. The number of anilines is 1. The Balaban J connectivity index is 0.925. The van der Waals surface area contributed by atoms with Gasteiger partial charge in [0.2, 0.25) is 35.4 Å². The SMILES string of the molecule is C[C@@H](O)[C@@H]1NC(=O)C(NCC2CCC(c3nnc(-c4ccc(N5CCC(OC6CCCCC6)CC5)cc4)s3)CC2)C[C@@H](O)CNC(=O)[C@@H]2[C@@H](O)[C@@H](C)CN2C(=O)[C@H]([C@H](O)CCNC(CO)CO)NC(=O)[C@H]([C@H](O)Cc2ccc(O)c(OS(=O)(=O)O)c2)NC(=O)[C@@H]2C[C@@H](O)CN2C1=O. The molecule has 1 unspecified atom stereocenters. The Bertz CT molecular complexity index is 3260. The van der Waals surface area contributed by atoms with E-state index in [0.717, 1.165) is 101 Å². The molecule has 31 nitrogen and oxygen atoms in total. The van der Waals surface area contributed by atoms with Gasteiger partial charge in [0.05, 0.1) is 74.1 Å². The number of carbonyl (C=O) groups excluding carboxylic acids is 6. The highest BCUT2D eigenvalue weighted by molar-refractivity contribution is 7.81. The first kappa shape index (κ1) is 74.9. The van der Waals surface area contributed by atoms with Crippen LogP contribution in [-0.4, -0.2) is 265 Å². The summed E-state index contributed by atoms with van der Waals surface area (Å²) in [5, 5.41) is 126. The van der Waals surface area contributed by atoms with Crippen molar-refractivity contribution in [2.24, 2.45) is 11.8 Å². The van der Waals surface area contributed by atoms with Gasteiger partial charge in [0.15, 0.2) is 11.5 Å². The van der Waals surface area contributed by atoms with Gasteiger partial charge in [-0.05, 0) is 132 Å². The number of hydrogen-bond acceptors (Lipinski definition) is 25. The highest BCUT2D eigenvalue weighted by atomic mass is 32.3. The van der Waals surface area contributed by atoms with Gasteiger partial charge >= 0.3 is 10.4 Å². The summed E-state index contributed by atoms with van der Waals surface area (Å²) in [5.41, 5.74) is 2.04. The van der Waals surface area contributed by atoms with Crippen LogP contribution in [0.4, 0.5) is 5.69 Å². The number of amides is 6. The average molecular weight is 1400 g/mol. The first-order valence-corrected chi connectivity index (χ1v) is 35.9. The molecule has 1 aromatic heterocycles. The molecule has 5 heterocycles. The van der Waals surface area contributed by atoms with Gasteiger partial charge in [-0.25, -0.2) is 0 Å². The van der Waals surface area contributed by atoms with Crippen molar-refractivity contribution in [2.75, 3.05) is 63.9 Å². The lowest BCUT2D eigenvalue weighted by atomic mass is 9.82. The van der Waals surface area contributed by atoms with Crippen LogP contribution in [0.25, 0.3) is 10.6 Å². The van der Waals surface area contributed by atoms with Gasteiger partial charge < -0.3 is 101 Å². The predicted octanol–water partition coefficient (Wildman–Crippen LogP) is -2.17. The number of aliphatic hydroxyl groups excluding tert-OH is 8. The Kier molecular flexibility index (Phi) is 26.4. The van der Waals surface area contributed by atoms with E-state index in [1.165, 1.54) is 33.1 Å². The molecule has 2 aromatic carbocycles. The van der Waals surface area contributed by atoms with E-state index in [-0.39, 0.29) is 37.0 Å². The second kappa shape index (κ2) is 34.2. The largest absolute Gasteiger partial charge is 0.504 e. The second-order valence-corrected chi connectivity index (χ2v) is 28.9. The van der Waals surface area contributed by atoms with E-state index in [0.29, 0.717) is 25.0 Å². The Labute approximate surface area is 567 Å². The van der Waals surface area contributed by atoms with Crippen molar-refractivity contribution in [1.29, 1.82) is 0 Å². The minimum atomic E-state index is -5.22. The number of phenolic OH excluding ortho intramolecular Hbond substituents is 1. The van der Waals surface area contributed by atoms with E-state index in [2.05, 4.69) is 75.4 Å². The molecule has 6 amide bonds. The second-order valence-electron chi connectivity index (χ2n) is 26.8. The third-order valence-electron chi connectivity index (χ3n) is 19.6. The van der Waals surface area contributed by atoms with Crippen LogP contribution in [0.2, 0.25) is 0 Å². The zero-order chi connectivity index (χ0) is 69.8. The number of rotatable bonds is 21. The summed E-state index contributed by atoms with van der Waals surface area (Å²) in [7, 11) is -5.22. The van der Waals surface area contributed by atoms with Crippen LogP contribution >= 0.6 is 11.3 Å². The molecule has 538 valence electrons. The van der Waals surface area contributed by atoms with Crippen LogP contribution in [0.5, 0.6) is 11.5 Å². The van der Waals surface area contributed by atoms with Crippen molar-refractivity contribution in [3.8, 4) is 22.1 Å². The molecule has 13 atom stereocenters. The number of carbonyl (C=O) groups is 6. The normalized spacial score (nSPS) is 29.2. The zero-order valence-corrected chi connectivity index (χ0v) is 56.1. The van der Waals surface area contributed by atoms with E-state index >= 15 is 0 Å². The molecular formula is C64H95N11O20S2. The number of β-amino-alcohol motifs (C(OH)–C–C–N with tert-alkyl or cyclic N) is 1. The maximum absolute atomic E-state index is 15.0. The summed E-state index contributed by atoms with van der Waals surface area (Å²) in [6.45, 7) is 2.08. The molecule has 4 saturated heterocycles. The molecule has 97 heavy (non-hydrogen) atoms. The van der Waals surface area contributed by atoms with E-state index in [4.69, 9.17) is 4.74 Å². The lowest BCUT2D eigenvalue weighted by molar-refractivity contribution is -0.147. The van der Waals surface area contributed by atoms with Gasteiger partial charge in [-0.3, -0.25) is 33.3 Å². The van der Waals surface area contributed by atoms with E-state index in [1.807, 2.05) is 0 Å². The molecule has 2 saturated carbocycles. The van der Waals surface area contributed by atoms with Gasteiger partial charge in [-0.1, -0.05) is 43.6 Å². The van der Waals surface area contributed by atoms with Crippen LogP contribution in [0.15, 0.2) is 42.5 Å². The van der Waals surface area contributed by atoms with Gasteiger partial charge in [0.1, 0.15) is 40.2 Å². The number of benzene rings is 2. The number of aromatic nitrogens is 2. The van der Waals surface area contributed by atoms with Crippen molar-refractivity contribution >= 4 is 62.9 Å². The summed E-state index contributed by atoms with van der Waals surface area (Å²) in [6, 6.07) is -0.353. The van der Waals surface area contributed by atoms with Gasteiger partial charge in [0.25, 0.3) is 0 Å². The van der Waals surface area contributed by atoms with E-state index in [1.54, 1.807) is 11.3 Å². The Hall–Kier alpha value is -6.31. The molecule has 0 spiro atoms. The fourth-order valence-corrected chi connectivity index (χ4v) is 15.3. The van der Waals surface area contributed by atoms with Gasteiger partial charge in [-0.2, -0.15) is 8.42 Å². The first-order chi connectivity index (χ1) is 46.3. The van der Waals surface area contributed by atoms with Crippen LogP contribution in [0.3, 0.4) is 0 Å². The topological polar surface area (TPSA) is 465 Å². The van der Waals surface area contributed by atoms with Crippen molar-refractivity contribution < 1.29 is 96.6 Å². The number of piperidine rings is 1. The molecule has 9 rings (SSSR count). The third kappa shape index (κ3) is 19.8. The maximum atomic E-state index is 15.0. The summed E-state index contributed by atoms with van der Waals surface area (Å²) in [4.78, 5) is 92.4. The molecule has 2 aliphatic carbocycles. The van der Waals surface area contributed by atoms with Gasteiger partial charge in [-0.15, -0.1) is 10.2 Å². The number of phenols is 1. The van der Waals surface area contributed by atoms with Crippen LogP contribution < -0.4 is 41.0 Å². The molecule has 33 heteroatoms.